The number of benzene rings is 2. The standard InChI is InChI=1S/C27H26BrN3O7S4/c1-4-17(12-25-30(10-5-11-42(35,36)37)20-14-18(28)6-8-23(20)38-25)13-26-31(16-22(31)27(32)29-41(3,33)34)21-15-19(39-2)7-9-24(21)40-26/h5-9,11-15,22H,4,10,16H2,1-3H3/p+2. The third-order valence-corrected chi connectivity index (χ3v) is 10.5. The van der Waals surface area contributed by atoms with Crippen molar-refractivity contribution in [2.75, 3.05) is 19.1 Å². The van der Waals surface area contributed by atoms with Crippen molar-refractivity contribution < 1.29 is 35.2 Å². The van der Waals surface area contributed by atoms with Gasteiger partial charge in [-0.2, -0.15) is 13.0 Å². The first-order chi connectivity index (χ1) is 19.7. The molecule has 2 unspecified atom stereocenters. The van der Waals surface area contributed by atoms with E-state index in [0.29, 0.717) is 24.4 Å². The molecule has 42 heavy (non-hydrogen) atoms. The number of carbonyl (C=O) groups excluding carboxylic acids is 1. The summed E-state index contributed by atoms with van der Waals surface area (Å²) < 4.78 is 66.5. The van der Waals surface area contributed by atoms with E-state index in [9.17, 15) is 21.6 Å². The summed E-state index contributed by atoms with van der Waals surface area (Å²) in [6.45, 7) is 2.54. The molecule has 5 rings (SSSR count). The van der Waals surface area contributed by atoms with Crippen LogP contribution in [0.15, 0.2) is 83.2 Å². The van der Waals surface area contributed by atoms with E-state index >= 15 is 0 Å². The molecule has 0 aliphatic carbocycles. The molecule has 1 spiro atoms. The molecule has 3 heterocycles. The normalized spacial score (nSPS) is 21.5. The molecule has 0 radical (unpaired) electrons. The van der Waals surface area contributed by atoms with Crippen LogP contribution in [0.2, 0.25) is 0 Å². The molecule has 2 aliphatic heterocycles. The number of aromatic nitrogens is 1. The Bertz CT molecular complexity index is 1920. The topological polar surface area (TPSA) is 135 Å². The molecular formula is C27H28BrN3O7S4+2. The summed E-state index contributed by atoms with van der Waals surface area (Å²) >= 11 is 6.61. The maximum Gasteiger partial charge on any atom is 0.374 e. The minimum Gasteiger partial charge on any atom is -0.398 e. The Labute approximate surface area is 261 Å². The van der Waals surface area contributed by atoms with E-state index in [1.54, 1.807) is 34.2 Å². The van der Waals surface area contributed by atoms with Gasteiger partial charge in [0.05, 0.1) is 22.6 Å². The largest absolute Gasteiger partial charge is 0.398 e. The van der Waals surface area contributed by atoms with E-state index < -0.39 is 32.1 Å². The maximum absolute atomic E-state index is 13.0. The number of halogens is 1. The second kappa shape index (κ2) is 11.6. The minimum absolute atomic E-state index is 0.119. The average molecular weight is 715 g/mol. The van der Waals surface area contributed by atoms with Crippen LogP contribution in [0.3, 0.4) is 0 Å². The lowest BCUT2D eigenvalue weighted by Gasteiger charge is -2.15. The molecule has 2 atom stereocenters. The van der Waals surface area contributed by atoms with E-state index in [4.69, 9.17) is 8.97 Å². The van der Waals surface area contributed by atoms with Gasteiger partial charge in [-0.25, -0.2) is 17.6 Å². The van der Waals surface area contributed by atoms with Crippen LogP contribution in [-0.2, 0) is 31.5 Å². The number of oxazole rings is 1. The Kier molecular flexibility index (Phi) is 8.57. The predicted octanol–water partition coefficient (Wildman–Crippen LogP) is 4.81. The average Bonchev–Trinajstić information content (AvgIpc) is 3.48. The number of hydrogen-bond donors (Lipinski definition) is 2. The summed E-state index contributed by atoms with van der Waals surface area (Å²) in [4.78, 5) is 15.1. The van der Waals surface area contributed by atoms with E-state index in [1.165, 1.54) is 6.08 Å². The lowest BCUT2D eigenvalue weighted by Crippen LogP contribution is -2.38. The van der Waals surface area contributed by atoms with Crippen molar-refractivity contribution in [3.8, 4) is 0 Å². The lowest BCUT2D eigenvalue weighted by molar-refractivity contribution is -0.667. The van der Waals surface area contributed by atoms with Gasteiger partial charge in [0, 0.05) is 27.6 Å². The SMILES string of the molecule is CCC(=Cc1oc2ccc(Br)cc2[n+]1CC=CS(=O)(=O)O)C=C1Sc2ccc(SC)cc2[N+]12CC2C(=O)NS(C)(=O)=O. The molecule has 1 amide bonds. The number of nitrogens with zero attached hydrogens (tertiary/aromatic N) is 2. The van der Waals surface area contributed by atoms with Crippen LogP contribution in [0.4, 0.5) is 5.69 Å². The molecular weight excluding hydrogens is 686 g/mol. The Morgan fingerprint density at radius 3 is 2.69 bits per heavy atom. The van der Waals surface area contributed by atoms with Crippen LogP contribution in [0, 0.1) is 0 Å². The van der Waals surface area contributed by atoms with Crippen LogP contribution < -0.4 is 13.8 Å². The Morgan fingerprint density at radius 2 is 2.02 bits per heavy atom. The summed E-state index contributed by atoms with van der Waals surface area (Å²) in [5.74, 6) is -0.0783. The third-order valence-electron chi connectivity index (χ3n) is 6.93. The van der Waals surface area contributed by atoms with E-state index in [2.05, 4.69) is 26.7 Å². The fraction of sp³-hybridized carbons (Fsp3) is 0.259. The second-order valence-electron chi connectivity index (χ2n) is 9.85. The summed E-state index contributed by atoms with van der Waals surface area (Å²) in [7, 11) is -8.01. The number of carbonyl (C=O) groups is 1. The number of rotatable bonds is 9. The minimum atomic E-state index is -4.29. The van der Waals surface area contributed by atoms with Crippen molar-refractivity contribution in [3.63, 3.8) is 0 Å². The molecule has 1 aromatic heterocycles. The summed E-state index contributed by atoms with van der Waals surface area (Å²) in [5.41, 5.74) is 3.15. The van der Waals surface area contributed by atoms with Gasteiger partial charge in [0.2, 0.25) is 21.6 Å². The first-order valence-corrected chi connectivity index (χ1v) is 18.9. The Balaban J connectivity index is 1.59. The van der Waals surface area contributed by atoms with Crippen molar-refractivity contribution in [3.05, 3.63) is 74.9 Å². The summed E-state index contributed by atoms with van der Waals surface area (Å²) in [6, 6.07) is 11.0. The van der Waals surface area contributed by atoms with Crippen molar-refractivity contribution >= 4 is 88.4 Å². The number of sulfonamides is 1. The van der Waals surface area contributed by atoms with Crippen LogP contribution in [0.25, 0.3) is 17.2 Å². The van der Waals surface area contributed by atoms with E-state index in [-0.39, 0.29) is 11.0 Å². The molecule has 2 N–H and O–H groups in total. The van der Waals surface area contributed by atoms with Gasteiger partial charge in [-0.1, -0.05) is 22.9 Å². The molecule has 10 nitrogen and oxygen atoms in total. The molecule has 1 fully saturated rings. The number of amides is 1. The molecule has 0 bridgehead atoms. The van der Waals surface area contributed by atoms with Crippen molar-refractivity contribution in [2.24, 2.45) is 0 Å². The van der Waals surface area contributed by atoms with Crippen molar-refractivity contribution in [1.82, 2.24) is 9.21 Å². The number of hydrogen-bond acceptors (Lipinski definition) is 8. The molecule has 15 heteroatoms. The fourth-order valence-corrected chi connectivity index (χ4v) is 7.93. The quantitative estimate of drug-likeness (QED) is 0.105. The highest BCUT2D eigenvalue weighted by atomic mass is 79.9. The van der Waals surface area contributed by atoms with E-state index in [0.717, 1.165) is 47.7 Å². The van der Waals surface area contributed by atoms with Gasteiger partial charge < -0.3 is 4.42 Å². The smallest absolute Gasteiger partial charge is 0.374 e. The van der Waals surface area contributed by atoms with Gasteiger partial charge in [0.1, 0.15) is 0 Å². The highest BCUT2D eigenvalue weighted by molar-refractivity contribution is 9.10. The zero-order valence-electron chi connectivity index (χ0n) is 22.8. The van der Waals surface area contributed by atoms with Gasteiger partial charge in [-0.3, -0.25) is 9.35 Å². The third kappa shape index (κ3) is 6.42. The molecule has 222 valence electrons. The fourth-order valence-electron chi connectivity index (χ4n) is 4.95. The number of allylic oxidation sites excluding steroid dienone is 3. The molecule has 2 aromatic carbocycles. The molecule has 3 aromatic rings. The van der Waals surface area contributed by atoms with Crippen molar-refractivity contribution in [2.45, 2.75) is 35.7 Å². The number of fused-ring (bicyclic) bond motifs is 3. The predicted molar refractivity (Wildman–Crippen MR) is 169 cm³/mol. The van der Waals surface area contributed by atoms with E-state index in [1.807, 2.05) is 49.6 Å². The van der Waals surface area contributed by atoms with Crippen LogP contribution >= 0.6 is 39.5 Å². The van der Waals surface area contributed by atoms with Gasteiger partial charge >= 0.3 is 5.89 Å². The molecule has 1 saturated heterocycles. The maximum atomic E-state index is 13.0. The monoisotopic (exact) mass is 713 g/mol. The Morgan fingerprint density at radius 1 is 1.26 bits per heavy atom. The Hall–Kier alpha value is -2.40. The highest BCUT2D eigenvalue weighted by Gasteiger charge is 2.68. The first-order valence-electron chi connectivity index (χ1n) is 12.7. The summed E-state index contributed by atoms with van der Waals surface area (Å²) in [5, 5.41) is 1.62. The van der Waals surface area contributed by atoms with Crippen LogP contribution in [0.5, 0.6) is 0 Å². The van der Waals surface area contributed by atoms with Gasteiger partial charge in [-0.05, 0) is 60.4 Å². The number of nitrogens with one attached hydrogen (secondary N) is 1. The number of quaternary nitrogens is 1. The van der Waals surface area contributed by atoms with Crippen LogP contribution in [0.1, 0.15) is 19.2 Å². The zero-order valence-corrected chi connectivity index (χ0v) is 27.6. The molecule has 2 aliphatic rings. The molecule has 0 saturated carbocycles. The van der Waals surface area contributed by atoms with Gasteiger partial charge in [0.25, 0.3) is 21.5 Å². The van der Waals surface area contributed by atoms with Crippen LogP contribution in [-0.4, -0.2) is 52.4 Å². The van der Waals surface area contributed by atoms with Crippen molar-refractivity contribution in [1.29, 1.82) is 0 Å². The highest BCUT2D eigenvalue weighted by Crippen LogP contribution is 2.60. The summed E-state index contributed by atoms with van der Waals surface area (Å²) in [6.07, 6.45) is 8.77. The second-order valence-corrected chi connectivity index (χ2v) is 15.8. The number of thioether (sulfide) groups is 2. The first kappa shape index (κ1) is 31.0. The van der Waals surface area contributed by atoms with Gasteiger partial charge in [0.15, 0.2) is 23.8 Å². The van der Waals surface area contributed by atoms with Gasteiger partial charge in [-0.15, -0.1) is 11.8 Å². The lowest BCUT2D eigenvalue weighted by atomic mass is 10.2. The zero-order chi connectivity index (χ0) is 30.4.